The van der Waals surface area contributed by atoms with Crippen molar-refractivity contribution in [3.63, 3.8) is 0 Å². The quantitative estimate of drug-likeness (QED) is 0.148. The van der Waals surface area contributed by atoms with Gasteiger partial charge in [-0.1, -0.05) is 0 Å². The fourth-order valence-electron chi connectivity index (χ4n) is 3.91. The van der Waals surface area contributed by atoms with Crippen molar-refractivity contribution in [2.75, 3.05) is 18.5 Å². The molecule has 16 nitrogen and oxygen atoms in total. The zero-order valence-electron chi connectivity index (χ0n) is 19.0. The van der Waals surface area contributed by atoms with E-state index in [2.05, 4.69) is 15.6 Å². The normalized spacial score (nSPS) is 34.4. The molecule has 2 amide bonds. The number of hydrogen-bond acceptors (Lipinski definition) is 13. The molecule has 0 unspecified atom stereocenters. The molecule has 3 heterocycles. The maximum atomic E-state index is 12.3. The molecule has 202 valence electrons. The summed E-state index contributed by atoms with van der Waals surface area (Å²) in [5, 5.41) is 72.5. The van der Waals surface area contributed by atoms with Crippen LogP contribution in [0.5, 0.6) is 0 Å². The van der Waals surface area contributed by atoms with Crippen LogP contribution in [0.1, 0.15) is 25.5 Å². The number of amides is 2. The van der Waals surface area contributed by atoms with E-state index in [0.29, 0.717) is 0 Å². The van der Waals surface area contributed by atoms with E-state index in [4.69, 9.17) is 19.7 Å². The molecule has 2 aliphatic heterocycles. The summed E-state index contributed by atoms with van der Waals surface area (Å²) in [6.07, 6.45) is -10.3. The van der Waals surface area contributed by atoms with E-state index >= 15 is 0 Å². The Labute approximate surface area is 203 Å². The number of ether oxygens (including phenoxy) is 2. The minimum Gasteiger partial charge on any atom is -0.394 e. The average Bonchev–Trinajstić information content (AvgIpc) is 3.12. The molecule has 2 fully saturated rings. The van der Waals surface area contributed by atoms with Crippen LogP contribution >= 0.6 is 0 Å². The predicted octanol–water partition coefficient (Wildman–Crippen LogP) is -5.12. The lowest BCUT2D eigenvalue weighted by Crippen LogP contribution is -2.64. The smallest absolute Gasteiger partial charge is 0.351 e. The second kappa shape index (κ2) is 12.1. The van der Waals surface area contributed by atoms with E-state index < -0.39 is 85.9 Å². The van der Waals surface area contributed by atoms with Crippen LogP contribution in [0, 0.1) is 0 Å². The van der Waals surface area contributed by atoms with Gasteiger partial charge in [0.2, 0.25) is 11.8 Å². The van der Waals surface area contributed by atoms with Gasteiger partial charge in [0.25, 0.3) is 0 Å². The first kappa shape index (κ1) is 28.0. The number of carbonyl (C=O) groups excluding carboxylic acids is 2. The van der Waals surface area contributed by atoms with Crippen molar-refractivity contribution in [2.45, 2.75) is 74.4 Å². The van der Waals surface area contributed by atoms with Crippen LogP contribution in [-0.4, -0.2) is 119 Å². The first-order valence-corrected chi connectivity index (χ1v) is 11.2. The fourth-order valence-corrected chi connectivity index (χ4v) is 3.91. The summed E-state index contributed by atoms with van der Waals surface area (Å²) in [5.41, 5.74) is -0.889. The van der Waals surface area contributed by atoms with Gasteiger partial charge in [0.1, 0.15) is 48.5 Å². The number of aromatic nitrogens is 2. The van der Waals surface area contributed by atoms with Crippen LogP contribution in [0.2, 0.25) is 0 Å². The number of aliphatic hydroxyl groups is 7. The lowest BCUT2D eigenvalue weighted by molar-refractivity contribution is -0.253. The third-order valence-electron chi connectivity index (χ3n) is 5.92. The molecule has 16 heteroatoms. The molecular formula is C20H30N4O12. The van der Waals surface area contributed by atoms with Gasteiger partial charge in [0.15, 0.2) is 12.5 Å². The van der Waals surface area contributed by atoms with Crippen molar-refractivity contribution in [3.8, 4) is 0 Å². The lowest BCUT2D eigenvalue weighted by atomic mass is 9.97. The molecule has 0 aliphatic carbocycles. The standard InChI is InChI=1S/C20H30N4O12/c25-6-8-15(30)17(32)18(35-8)24-5-4-10(22-20(24)34)21-11(27)2-1-3-12(28)23-13-16(31)14(29)9(7-26)36-19(13)33/h4-5,8-9,13-19,25-26,29-33H,1-3,6-7H2,(H,23,28)(H,21,22,27,34)/t8-,9-,13-,14-,15-,16-,17+,18-,19-/m1/s1. The summed E-state index contributed by atoms with van der Waals surface area (Å²) in [4.78, 5) is 40.3. The maximum absolute atomic E-state index is 12.3. The van der Waals surface area contributed by atoms with Gasteiger partial charge in [0.05, 0.1) is 13.2 Å². The molecule has 1 aromatic rings. The van der Waals surface area contributed by atoms with E-state index in [-0.39, 0.29) is 25.1 Å². The zero-order valence-corrected chi connectivity index (χ0v) is 19.0. The number of carbonyl (C=O) groups is 2. The average molecular weight is 518 g/mol. The Morgan fingerprint density at radius 1 is 0.917 bits per heavy atom. The number of nitrogens with one attached hydrogen (secondary N) is 2. The first-order valence-electron chi connectivity index (χ1n) is 11.2. The summed E-state index contributed by atoms with van der Waals surface area (Å²) in [7, 11) is 0. The Balaban J connectivity index is 1.46. The van der Waals surface area contributed by atoms with Crippen molar-refractivity contribution < 1.29 is 54.8 Å². The lowest BCUT2D eigenvalue weighted by Gasteiger charge is -2.40. The molecular weight excluding hydrogens is 488 g/mol. The van der Waals surface area contributed by atoms with Gasteiger partial charge in [-0.3, -0.25) is 14.2 Å². The second-order valence-corrected chi connectivity index (χ2v) is 8.46. The molecule has 2 aliphatic rings. The van der Waals surface area contributed by atoms with E-state index in [1.807, 2.05) is 0 Å². The molecule has 3 rings (SSSR count). The number of aliphatic hydroxyl groups excluding tert-OH is 7. The van der Waals surface area contributed by atoms with Gasteiger partial charge in [-0.25, -0.2) is 4.79 Å². The van der Waals surface area contributed by atoms with Crippen molar-refractivity contribution in [3.05, 3.63) is 22.7 Å². The minimum absolute atomic E-state index is 0.0544. The number of hydrogen-bond donors (Lipinski definition) is 9. The van der Waals surface area contributed by atoms with Crippen molar-refractivity contribution in [2.24, 2.45) is 0 Å². The van der Waals surface area contributed by atoms with Gasteiger partial charge in [-0.2, -0.15) is 4.98 Å². The molecule has 0 spiro atoms. The van der Waals surface area contributed by atoms with Crippen LogP contribution in [0.15, 0.2) is 17.1 Å². The van der Waals surface area contributed by atoms with E-state index in [1.54, 1.807) is 0 Å². The summed E-state index contributed by atoms with van der Waals surface area (Å²) in [6, 6.07) is -0.0756. The van der Waals surface area contributed by atoms with Gasteiger partial charge in [0, 0.05) is 19.0 Å². The number of nitrogens with zero attached hydrogens (tertiary/aromatic N) is 2. The number of rotatable bonds is 9. The molecule has 0 bridgehead atoms. The largest absolute Gasteiger partial charge is 0.394 e. The Hall–Kier alpha value is -2.54. The van der Waals surface area contributed by atoms with Gasteiger partial charge in [-0.05, 0) is 12.5 Å². The highest BCUT2D eigenvalue weighted by molar-refractivity contribution is 5.90. The van der Waals surface area contributed by atoms with Crippen LogP contribution in [-0.2, 0) is 19.1 Å². The SMILES string of the molecule is O=C(CCCC(=O)N[C@@H]1[C@@H](O)[C@H](O)[C@@H](CO)O[C@H]1O)Nc1ccn([C@@H]2O[C@H](CO)[C@@H](O)[C@@H]2O)c(=O)n1. The van der Waals surface area contributed by atoms with Crippen LogP contribution < -0.4 is 16.3 Å². The Bertz CT molecular complexity index is 976. The summed E-state index contributed by atoms with van der Waals surface area (Å²) >= 11 is 0. The molecule has 9 atom stereocenters. The van der Waals surface area contributed by atoms with Gasteiger partial charge < -0.3 is 55.9 Å². The molecule has 0 radical (unpaired) electrons. The highest BCUT2D eigenvalue weighted by atomic mass is 16.6. The highest BCUT2D eigenvalue weighted by Crippen LogP contribution is 2.28. The number of anilines is 1. The minimum atomic E-state index is -1.66. The van der Waals surface area contributed by atoms with Crippen molar-refractivity contribution >= 4 is 17.6 Å². The second-order valence-electron chi connectivity index (χ2n) is 8.46. The topological polar surface area (TPSA) is 253 Å². The Morgan fingerprint density at radius 3 is 2.14 bits per heavy atom. The first-order chi connectivity index (χ1) is 17.1. The molecule has 0 aromatic carbocycles. The summed E-state index contributed by atoms with van der Waals surface area (Å²) in [6.45, 7) is -1.20. The maximum Gasteiger partial charge on any atom is 0.351 e. The van der Waals surface area contributed by atoms with Crippen LogP contribution in [0.3, 0.4) is 0 Å². The van der Waals surface area contributed by atoms with E-state index in [1.165, 1.54) is 12.3 Å². The van der Waals surface area contributed by atoms with Gasteiger partial charge in [-0.15, -0.1) is 0 Å². The highest BCUT2D eigenvalue weighted by Gasteiger charge is 2.45. The molecule has 36 heavy (non-hydrogen) atoms. The summed E-state index contributed by atoms with van der Waals surface area (Å²) < 4.78 is 11.1. The van der Waals surface area contributed by atoms with Gasteiger partial charge >= 0.3 is 5.69 Å². The molecule has 0 saturated carbocycles. The zero-order chi connectivity index (χ0) is 26.6. The predicted molar refractivity (Wildman–Crippen MR) is 116 cm³/mol. The van der Waals surface area contributed by atoms with Crippen LogP contribution in [0.25, 0.3) is 0 Å². The Kier molecular flexibility index (Phi) is 9.45. The molecule has 1 aromatic heterocycles. The van der Waals surface area contributed by atoms with E-state index in [0.717, 1.165) is 4.57 Å². The third-order valence-corrected chi connectivity index (χ3v) is 5.92. The molecule has 2 saturated heterocycles. The third kappa shape index (κ3) is 6.23. The molecule has 9 N–H and O–H groups in total. The fraction of sp³-hybridized carbons (Fsp3) is 0.700. The summed E-state index contributed by atoms with van der Waals surface area (Å²) in [5.74, 6) is -1.30. The van der Waals surface area contributed by atoms with Crippen molar-refractivity contribution in [1.29, 1.82) is 0 Å². The monoisotopic (exact) mass is 518 g/mol. The van der Waals surface area contributed by atoms with Crippen molar-refractivity contribution in [1.82, 2.24) is 14.9 Å². The van der Waals surface area contributed by atoms with E-state index in [9.17, 15) is 39.9 Å². The van der Waals surface area contributed by atoms with Crippen LogP contribution in [0.4, 0.5) is 5.82 Å². The Morgan fingerprint density at radius 2 is 1.53 bits per heavy atom.